The van der Waals surface area contributed by atoms with Crippen molar-refractivity contribution in [1.82, 2.24) is 20.6 Å². The number of hydrogen-bond donors (Lipinski definition) is 3. The minimum absolute atomic E-state index is 0.126. The van der Waals surface area contributed by atoms with Gasteiger partial charge in [-0.15, -0.1) is 0 Å². The lowest BCUT2D eigenvalue weighted by atomic mass is 9.86. The van der Waals surface area contributed by atoms with E-state index in [1.54, 1.807) is 19.1 Å². The summed E-state index contributed by atoms with van der Waals surface area (Å²) in [5.74, 6) is -3.66. The summed E-state index contributed by atoms with van der Waals surface area (Å²) in [5, 5.41) is 16.1. The van der Waals surface area contributed by atoms with Crippen LogP contribution in [0.3, 0.4) is 0 Å². The van der Waals surface area contributed by atoms with Crippen molar-refractivity contribution in [2.75, 3.05) is 11.4 Å². The van der Waals surface area contributed by atoms with Gasteiger partial charge in [0.15, 0.2) is 5.54 Å². The van der Waals surface area contributed by atoms with E-state index in [9.17, 15) is 23.5 Å². The maximum Gasteiger partial charge on any atom is 0.252 e. The number of carbonyl (C=O) groups is 2. The third-order valence-corrected chi connectivity index (χ3v) is 7.62. The van der Waals surface area contributed by atoms with E-state index >= 15 is 0 Å². The number of amides is 2. The Hall–Kier alpha value is -2.98. The minimum atomic E-state index is -2.73. The smallest absolute Gasteiger partial charge is 0.252 e. The maximum atomic E-state index is 14.1. The molecule has 2 heterocycles. The largest absolute Gasteiger partial charge is 0.392 e. The normalized spacial score (nSPS) is 23.4. The first-order valence-electron chi connectivity index (χ1n) is 13.1. The SMILES string of the molecule is CC(C)(C)c1ccc(N(C(=O)C2CC(O)CN2)C(C)(C(=O)NC2CCC(F)(F)CC2)c2cnccn2)cc1. The molecule has 8 nitrogen and oxygen atoms in total. The summed E-state index contributed by atoms with van der Waals surface area (Å²) >= 11 is 0. The topological polar surface area (TPSA) is 107 Å². The Kier molecular flexibility index (Phi) is 7.86. The van der Waals surface area contributed by atoms with Crippen molar-refractivity contribution >= 4 is 17.5 Å². The predicted molar refractivity (Wildman–Crippen MR) is 140 cm³/mol. The summed E-state index contributed by atoms with van der Waals surface area (Å²) in [5.41, 5.74) is -0.00458. The van der Waals surface area contributed by atoms with Gasteiger partial charge in [0.1, 0.15) is 0 Å². The van der Waals surface area contributed by atoms with E-state index < -0.39 is 41.5 Å². The fourth-order valence-electron chi connectivity index (χ4n) is 5.17. The number of aliphatic hydroxyl groups excluding tert-OH is 1. The first-order chi connectivity index (χ1) is 17.8. The predicted octanol–water partition coefficient (Wildman–Crippen LogP) is 3.44. The quantitative estimate of drug-likeness (QED) is 0.529. The van der Waals surface area contributed by atoms with Gasteiger partial charge in [0.25, 0.3) is 5.91 Å². The molecule has 38 heavy (non-hydrogen) atoms. The van der Waals surface area contributed by atoms with Gasteiger partial charge < -0.3 is 15.7 Å². The molecule has 1 aliphatic heterocycles. The number of rotatable bonds is 6. The molecule has 0 bridgehead atoms. The van der Waals surface area contributed by atoms with Crippen molar-refractivity contribution in [1.29, 1.82) is 0 Å². The second-order valence-electron chi connectivity index (χ2n) is 11.6. The number of aliphatic hydroxyl groups is 1. The monoisotopic (exact) mass is 529 g/mol. The molecule has 2 amide bonds. The Bertz CT molecular complexity index is 1130. The first kappa shape index (κ1) is 28.0. The molecule has 2 fully saturated rings. The highest BCUT2D eigenvalue weighted by atomic mass is 19.3. The van der Waals surface area contributed by atoms with E-state index in [0.29, 0.717) is 5.69 Å². The molecule has 2 aromatic rings. The van der Waals surface area contributed by atoms with E-state index in [0.717, 1.165) is 5.56 Å². The third kappa shape index (κ3) is 5.86. The van der Waals surface area contributed by atoms with Gasteiger partial charge in [0.2, 0.25) is 11.8 Å². The molecule has 3 N–H and O–H groups in total. The number of carbonyl (C=O) groups excluding carboxylic acids is 2. The molecule has 3 unspecified atom stereocenters. The van der Waals surface area contributed by atoms with Crippen molar-refractivity contribution in [3.05, 3.63) is 54.1 Å². The fraction of sp³-hybridized carbons (Fsp3) is 0.571. The van der Waals surface area contributed by atoms with E-state index in [4.69, 9.17) is 0 Å². The summed E-state index contributed by atoms with van der Waals surface area (Å²) in [6.45, 7) is 8.11. The van der Waals surface area contributed by atoms with Crippen LogP contribution in [0.25, 0.3) is 0 Å². The van der Waals surface area contributed by atoms with Gasteiger partial charge in [-0.25, -0.2) is 8.78 Å². The lowest BCUT2D eigenvalue weighted by Gasteiger charge is -2.42. The van der Waals surface area contributed by atoms with Crippen LogP contribution in [0.2, 0.25) is 0 Å². The van der Waals surface area contributed by atoms with Gasteiger partial charge in [-0.2, -0.15) is 0 Å². The van der Waals surface area contributed by atoms with E-state index in [2.05, 4.69) is 41.4 Å². The number of alkyl halides is 2. The zero-order valence-electron chi connectivity index (χ0n) is 22.4. The Labute approximate surface area is 222 Å². The van der Waals surface area contributed by atoms with Crippen LogP contribution in [0.15, 0.2) is 42.9 Å². The summed E-state index contributed by atoms with van der Waals surface area (Å²) < 4.78 is 27.6. The second-order valence-corrected chi connectivity index (χ2v) is 11.6. The summed E-state index contributed by atoms with van der Waals surface area (Å²) in [6.07, 6.45) is 3.55. The van der Waals surface area contributed by atoms with Crippen molar-refractivity contribution in [2.45, 2.75) is 94.9 Å². The molecule has 1 saturated heterocycles. The first-order valence-corrected chi connectivity index (χ1v) is 13.1. The van der Waals surface area contributed by atoms with Gasteiger partial charge in [-0.3, -0.25) is 24.5 Å². The average molecular weight is 530 g/mol. The van der Waals surface area contributed by atoms with Crippen LogP contribution in [0, 0.1) is 0 Å². The highest BCUT2D eigenvalue weighted by Crippen LogP contribution is 2.37. The van der Waals surface area contributed by atoms with Gasteiger partial charge in [-0.1, -0.05) is 32.9 Å². The minimum Gasteiger partial charge on any atom is -0.392 e. The van der Waals surface area contributed by atoms with Crippen LogP contribution < -0.4 is 15.5 Å². The molecule has 3 atom stereocenters. The molecule has 1 aliphatic carbocycles. The lowest BCUT2D eigenvalue weighted by Crippen LogP contribution is -2.62. The van der Waals surface area contributed by atoms with E-state index in [1.165, 1.54) is 23.5 Å². The molecular formula is C28H37F2N5O3. The Morgan fingerprint density at radius 1 is 1.11 bits per heavy atom. The molecule has 1 aromatic heterocycles. The molecule has 1 saturated carbocycles. The zero-order valence-corrected chi connectivity index (χ0v) is 22.4. The van der Waals surface area contributed by atoms with Crippen LogP contribution >= 0.6 is 0 Å². The highest BCUT2D eigenvalue weighted by Gasteiger charge is 2.49. The number of aromatic nitrogens is 2. The van der Waals surface area contributed by atoms with E-state index in [1.807, 2.05) is 12.1 Å². The lowest BCUT2D eigenvalue weighted by molar-refractivity contribution is -0.132. The molecule has 1 aromatic carbocycles. The van der Waals surface area contributed by atoms with Crippen molar-refractivity contribution in [2.24, 2.45) is 0 Å². The van der Waals surface area contributed by atoms with Gasteiger partial charge in [-0.05, 0) is 49.3 Å². The van der Waals surface area contributed by atoms with Crippen molar-refractivity contribution in [3.63, 3.8) is 0 Å². The van der Waals surface area contributed by atoms with Crippen LogP contribution in [0.5, 0.6) is 0 Å². The summed E-state index contributed by atoms with van der Waals surface area (Å²) in [7, 11) is 0. The average Bonchev–Trinajstić information content (AvgIpc) is 3.32. The highest BCUT2D eigenvalue weighted by molar-refractivity contribution is 6.06. The fourth-order valence-corrected chi connectivity index (χ4v) is 5.17. The van der Waals surface area contributed by atoms with Crippen molar-refractivity contribution in [3.8, 4) is 0 Å². The molecular weight excluding hydrogens is 492 g/mol. The number of benzene rings is 1. The number of β-amino-alcohol motifs (C(OH)–C–C–N with tert-alkyl or cyclic N) is 1. The molecule has 0 spiro atoms. The van der Waals surface area contributed by atoms with Gasteiger partial charge in [0, 0.05) is 43.5 Å². The summed E-state index contributed by atoms with van der Waals surface area (Å²) in [4.78, 5) is 38.2. The number of nitrogens with one attached hydrogen (secondary N) is 2. The van der Waals surface area contributed by atoms with Crippen LogP contribution in [0.4, 0.5) is 14.5 Å². The van der Waals surface area contributed by atoms with Gasteiger partial charge >= 0.3 is 0 Å². The number of nitrogens with zero attached hydrogens (tertiary/aromatic N) is 3. The zero-order chi connectivity index (χ0) is 27.7. The number of hydrogen-bond acceptors (Lipinski definition) is 6. The standard InChI is InChI=1S/C28H37F2N5O3/c1-26(2,3)18-5-7-20(8-6-18)35(24(37)22-15-21(36)16-33-22)27(4,23-17-31-13-14-32-23)25(38)34-19-9-11-28(29,30)12-10-19/h5-8,13-14,17,19,21-22,33,36H,9-12,15-16H2,1-4H3,(H,34,38). The third-order valence-electron chi connectivity index (χ3n) is 7.62. The van der Waals surface area contributed by atoms with Gasteiger partial charge in [0.05, 0.1) is 24.0 Å². The summed E-state index contributed by atoms with van der Waals surface area (Å²) in [6, 6.07) is 6.27. The van der Waals surface area contributed by atoms with Crippen LogP contribution in [-0.2, 0) is 20.5 Å². The van der Waals surface area contributed by atoms with E-state index in [-0.39, 0.29) is 49.8 Å². The molecule has 206 valence electrons. The number of anilines is 1. The van der Waals surface area contributed by atoms with Crippen LogP contribution in [-0.4, -0.2) is 57.5 Å². The van der Waals surface area contributed by atoms with Crippen molar-refractivity contribution < 1.29 is 23.5 Å². The molecule has 2 aliphatic rings. The Morgan fingerprint density at radius 2 is 1.76 bits per heavy atom. The van der Waals surface area contributed by atoms with Crippen LogP contribution in [0.1, 0.15) is 71.1 Å². The molecule has 10 heteroatoms. The Morgan fingerprint density at radius 3 is 2.29 bits per heavy atom. The second kappa shape index (κ2) is 10.6. The molecule has 0 radical (unpaired) electrons. The maximum absolute atomic E-state index is 14.1. The Balaban J connectivity index is 1.78. The molecule has 4 rings (SSSR count). The number of halogens is 2.